The van der Waals surface area contributed by atoms with Crippen molar-refractivity contribution in [2.75, 3.05) is 11.4 Å². The zero-order valence-corrected chi connectivity index (χ0v) is 18.0. The first-order valence-electron chi connectivity index (χ1n) is 11.0. The molecule has 0 bridgehead atoms. The minimum atomic E-state index is -0.672. The average Bonchev–Trinajstić information content (AvgIpc) is 3.57. The van der Waals surface area contributed by atoms with E-state index in [4.69, 9.17) is 0 Å². The van der Waals surface area contributed by atoms with Gasteiger partial charge in [0.05, 0.1) is 29.5 Å². The van der Waals surface area contributed by atoms with Crippen LogP contribution in [0.15, 0.2) is 30.6 Å². The molecule has 172 valence electrons. The quantitative estimate of drug-likeness (QED) is 0.536. The molecule has 3 aliphatic heterocycles. The first-order valence-corrected chi connectivity index (χ1v) is 11.0. The summed E-state index contributed by atoms with van der Waals surface area (Å²) in [6.45, 7) is 0.834. The smallest absolute Gasteiger partial charge is 0.280 e. The molecule has 12 heteroatoms. The molecule has 0 radical (unpaired) electrons. The number of piperidine rings is 1. The normalized spacial score (nSPS) is 19.8. The summed E-state index contributed by atoms with van der Waals surface area (Å²) < 4.78 is 1.49. The predicted molar refractivity (Wildman–Crippen MR) is 116 cm³/mol. The number of H-pyrrole nitrogens is 1. The lowest BCUT2D eigenvalue weighted by Crippen LogP contribution is -2.52. The zero-order valence-electron chi connectivity index (χ0n) is 18.0. The van der Waals surface area contributed by atoms with Crippen molar-refractivity contribution in [3.05, 3.63) is 53.1 Å². The molecule has 1 aromatic carbocycles. The first-order chi connectivity index (χ1) is 16.5. The van der Waals surface area contributed by atoms with Crippen LogP contribution in [-0.2, 0) is 22.6 Å². The van der Waals surface area contributed by atoms with Crippen LogP contribution in [-0.4, -0.2) is 66.3 Å². The number of benzene rings is 1. The minimum absolute atomic E-state index is 0.203. The fourth-order valence-corrected chi connectivity index (χ4v) is 4.80. The van der Waals surface area contributed by atoms with Crippen LogP contribution < -0.4 is 10.2 Å². The molecule has 1 atom stereocenters. The van der Waals surface area contributed by atoms with Crippen LogP contribution in [0.4, 0.5) is 5.69 Å². The number of anilines is 1. The van der Waals surface area contributed by atoms with Crippen LogP contribution >= 0.6 is 0 Å². The number of imide groups is 1. The van der Waals surface area contributed by atoms with Gasteiger partial charge in [-0.05, 0) is 43.0 Å². The third-order valence-electron chi connectivity index (χ3n) is 6.52. The number of hydrogen-bond acceptors (Lipinski definition) is 7. The van der Waals surface area contributed by atoms with Crippen molar-refractivity contribution < 1.29 is 19.2 Å². The predicted octanol–water partition coefficient (Wildman–Crippen LogP) is 0.344. The van der Waals surface area contributed by atoms with Crippen LogP contribution in [0, 0.1) is 0 Å². The second kappa shape index (κ2) is 7.61. The maximum atomic E-state index is 13.1. The van der Waals surface area contributed by atoms with Crippen molar-refractivity contribution in [1.29, 1.82) is 0 Å². The maximum Gasteiger partial charge on any atom is 0.280 e. The highest BCUT2D eigenvalue weighted by atomic mass is 16.2. The van der Waals surface area contributed by atoms with Gasteiger partial charge in [0.1, 0.15) is 6.04 Å². The third-order valence-corrected chi connectivity index (χ3v) is 6.52. The van der Waals surface area contributed by atoms with Crippen molar-refractivity contribution in [2.24, 2.45) is 0 Å². The molecule has 5 heterocycles. The van der Waals surface area contributed by atoms with E-state index < -0.39 is 11.9 Å². The van der Waals surface area contributed by atoms with Crippen molar-refractivity contribution in [3.8, 4) is 5.69 Å². The molecule has 2 N–H and O–H groups in total. The molecule has 0 aliphatic carbocycles. The van der Waals surface area contributed by atoms with E-state index >= 15 is 0 Å². The lowest BCUT2D eigenvalue weighted by atomic mass is 10.0. The van der Waals surface area contributed by atoms with E-state index in [0.29, 0.717) is 24.2 Å². The molecule has 4 amide bonds. The summed E-state index contributed by atoms with van der Waals surface area (Å²) in [7, 11) is 0. The Balaban J connectivity index is 1.23. The van der Waals surface area contributed by atoms with Crippen LogP contribution in [0.2, 0.25) is 0 Å². The van der Waals surface area contributed by atoms with E-state index in [1.807, 2.05) is 0 Å². The second-order valence-electron chi connectivity index (χ2n) is 8.58. The van der Waals surface area contributed by atoms with Crippen LogP contribution in [0.1, 0.15) is 51.4 Å². The van der Waals surface area contributed by atoms with Gasteiger partial charge >= 0.3 is 0 Å². The van der Waals surface area contributed by atoms with E-state index in [0.717, 1.165) is 29.8 Å². The molecule has 3 aromatic rings. The Labute approximate surface area is 192 Å². The molecular weight excluding hydrogens is 440 g/mol. The van der Waals surface area contributed by atoms with E-state index in [1.165, 1.54) is 9.58 Å². The molecule has 1 saturated heterocycles. The molecule has 0 saturated carbocycles. The average molecular weight is 460 g/mol. The monoisotopic (exact) mass is 460 g/mol. The lowest BCUT2D eigenvalue weighted by Gasteiger charge is -2.29. The molecule has 34 heavy (non-hydrogen) atoms. The Morgan fingerprint density at radius 3 is 2.88 bits per heavy atom. The minimum Gasteiger partial charge on any atom is -0.322 e. The van der Waals surface area contributed by atoms with Gasteiger partial charge in [-0.2, -0.15) is 5.10 Å². The van der Waals surface area contributed by atoms with Gasteiger partial charge in [-0.25, -0.2) is 4.68 Å². The summed E-state index contributed by atoms with van der Waals surface area (Å²) >= 11 is 0. The summed E-state index contributed by atoms with van der Waals surface area (Å²) in [5.41, 5.74) is 3.79. The van der Waals surface area contributed by atoms with Gasteiger partial charge in [-0.15, -0.1) is 5.10 Å². The van der Waals surface area contributed by atoms with Gasteiger partial charge in [0.25, 0.3) is 11.8 Å². The molecule has 6 rings (SSSR count). The highest BCUT2D eigenvalue weighted by molar-refractivity contribution is 6.06. The molecule has 1 unspecified atom stereocenters. The number of aryl methyl sites for hydroxylation is 1. The topological polar surface area (TPSA) is 146 Å². The zero-order chi connectivity index (χ0) is 23.4. The number of hydrogen-bond donors (Lipinski definition) is 2. The van der Waals surface area contributed by atoms with Gasteiger partial charge in [-0.3, -0.25) is 29.6 Å². The number of nitrogens with one attached hydrogen (secondary N) is 2. The van der Waals surface area contributed by atoms with E-state index in [9.17, 15) is 19.2 Å². The fraction of sp³-hybridized carbons (Fsp3) is 0.318. The van der Waals surface area contributed by atoms with E-state index in [-0.39, 0.29) is 36.4 Å². The van der Waals surface area contributed by atoms with Gasteiger partial charge in [-0.1, -0.05) is 5.21 Å². The van der Waals surface area contributed by atoms with Crippen molar-refractivity contribution in [2.45, 2.75) is 38.3 Å². The van der Waals surface area contributed by atoms with Crippen molar-refractivity contribution in [1.82, 2.24) is 35.4 Å². The molecular formula is C22H20N8O4. The number of carbonyl (C=O) groups is 4. The molecule has 2 aromatic heterocycles. The van der Waals surface area contributed by atoms with Crippen molar-refractivity contribution >= 4 is 29.3 Å². The number of aromatic nitrogens is 5. The highest BCUT2D eigenvalue weighted by Gasteiger charge is 2.39. The number of nitrogens with zero attached hydrogens (tertiary/aromatic N) is 6. The number of fused-ring (bicyclic) bond motifs is 2. The summed E-state index contributed by atoms with van der Waals surface area (Å²) in [6.07, 6.45) is 5.39. The molecule has 12 nitrogen and oxygen atoms in total. The molecule has 0 spiro atoms. The maximum absolute atomic E-state index is 13.1. The van der Waals surface area contributed by atoms with Crippen molar-refractivity contribution in [3.63, 3.8) is 0 Å². The number of amides is 4. The van der Waals surface area contributed by atoms with Gasteiger partial charge in [0.15, 0.2) is 5.69 Å². The van der Waals surface area contributed by atoms with Crippen LogP contribution in [0.3, 0.4) is 0 Å². The van der Waals surface area contributed by atoms with E-state index in [1.54, 1.807) is 35.5 Å². The Bertz CT molecular complexity index is 1360. The Kier molecular flexibility index (Phi) is 4.54. The SMILES string of the molecule is O=C1CCC(N2Cc3cc(-n4cc(C(=O)N5CCCc6[nH]ncc65)nn4)ccc3C2=O)C(=O)N1. The second-order valence-corrected chi connectivity index (χ2v) is 8.58. The Morgan fingerprint density at radius 1 is 1.15 bits per heavy atom. The summed E-state index contributed by atoms with van der Waals surface area (Å²) in [4.78, 5) is 52.8. The summed E-state index contributed by atoms with van der Waals surface area (Å²) in [5, 5.41) is 17.4. The standard InChI is InChI=1S/C22H20N8O4/c31-19-6-5-17(20(32)24-19)29-10-12-8-13(3-4-14(12)21(29)33)30-11-16(26-27-30)22(34)28-7-1-2-15-18(28)9-23-25-15/h3-4,8-9,11,17H,1-2,5-7,10H2,(H,23,25)(H,24,31,32). The molecule has 1 fully saturated rings. The first kappa shape index (κ1) is 20.3. The lowest BCUT2D eigenvalue weighted by molar-refractivity contribution is -0.136. The largest absolute Gasteiger partial charge is 0.322 e. The summed E-state index contributed by atoms with van der Waals surface area (Å²) in [6, 6.07) is 4.54. The Morgan fingerprint density at radius 2 is 2.03 bits per heavy atom. The highest BCUT2D eigenvalue weighted by Crippen LogP contribution is 2.29. The molecule has 3 aliphatic rings. The number of aromatic amines is 1. The van der Waals surface area contributed by atoms with Gasteiger partial charge in [0.2, 0.25) is 11.8 Å². The fourth-order valence-electron chi connectivity index (χ4n) is 4.80. The summed E-state index contributed by atoms with van der Waals surface area (Å²) in [5.74, 6) is -1.27. The van der Waals surface area contributed by atoms with E-state index in [2.05, 4.69) is 25.8 Å². The van der Waals surface area contributed by atoms with Crippen LogP contribution in [0.25, 0.3) is 5.69 Å². The Hall–Kier alpha value is -4.35. The van der Waals surface area contributed by atoms with Gasteiger partial charge in [0, 0.05) is 25.1 Å². The number of rotatable bonds is 3. The van der Waals surface area contributed by atoms with Crippen LogP contribution in [0.5, 0.6) is 0 Å². The third kappa shape index (κ3) is 3.17. The number of carbonyl (C=O) groups excluding carboxylic acids is 4. The van der Waals surface area contributed by atoms with Gasteiger partial charge < -0.3 is 9.80 Å².